The fourth-order valence-corrected chi connectivity index (χ4v) is 1.08. The van der Waals surface area contributed by atoms with Gasteiger partial charge in [0.25, 0.3) is 0 Å². The van der Waals surface area contributed by atoms with Crippen molar-refractivity contribution in [2.24, 2.45) is 0 Å². The zero-order valence-corrected chi connectivity index (χ0v) is 7.56. The van der Waals surface area contributed by atoms with Crippen LogP contribution in [-0.2, 0) is 0 Å². The van der Waals surface area contributed by atoms with Crippen molar-refractivity contribution in [2.45, 2.75) is 6.92 Å². The third-order valence-corrected chi connectivity index (χ3v) is 1.83. The van der Waals surface area contributed by atoms with Crippen LogP contribution in [0.25, 0.3) is 0 Å². The van der Waals surface area contributed by atoms with Crippen LogP contribution < -0.4 is 10.6 Å². The maximum atomic E-state index is 13.2. The van der Waals surface area contributed by atoms with Gasteiger partial charge in [-0.25, -0.2) is 4.39 Å². The van der Waals surface area contributed by atoms with Crippen molar-refractivity contribution in [1.29, 1.82) is 0 Å². The third kappa shape index (κ3) is 1.35. The van der Waals surface area contributed by atoms with E-state index in [0.717, 1.165) is 5.69 Å². The number of hydrogen-bond acceptors (Lipinski definition) is 2. The van der Waals surface area contributed by atoms with Gasteiger partial charge in [-0.15, -0.1) is 0 Å². The fraction of sp³-hybridized carbons (Fsp3) is 0.333. The second-order valence-electron chi connectivity index (χ2n) is 3.02. The maximum absolute atomic E-state index is 13.2. The van der Waals surface area contributed by atoms with Crippen molar-refractivity contribution in [2.75, 3.05) is 24.7 Å². The third-order valence-electron chi connectivity index (χ3n) is 1.83. The summed E-state index contributed by atoms with van der Waals surface area (Å²) in [6.45, 7) is 1.70. The van der Waals surface area contributed by atoms with Gasteiger partial charge < -0.3 is 10.6 Å². The highest BCUT2D eigenvalue weighted by Gasteiger charge is 2.08. The molecule has 1 aromatic carbocycles. The minimum atomic E-state index is -0.318. The Balaban J connectivity index is 3.27. The quantitative estimate of drug-likeness (QED) is 0.648. The molecule has 3 heteroatoms. The highest BCUT2D eigenvalue weighted by molar-refractivity contribution is 5.68. The molecule has 12 heavy (non-hydrogen) atoms. The molecule has 0 bridgehead atoms. The highest BCUT2D eigenvalue weighted by Crippen LogP contribution is 2.25. The van der Waals surface area contributed by atoms with Crippen LogP contribution in [0.2, 0.25) is 0 Å². The Labute approximate surface area is 71.8 Å². The van der Waals surface area contributed by atoms with E-state index in [1.807, 2.05) is 20.2 Å². The van der Waals surface area contributed by atoms with Gasteiger partial charge in [-0.2, -0.15) is 0 Å². The lowest BCUT2D eigenvalue weighted by atomic mass is 10.1. The summed E-state index contributed by atoms with van der Waals surface area (Å²) in [5.74, 6) is -0.318. The van der Waals surface area contributed by atoms with Crippen molar-refractivity contribution >= 4 is 11.4 Å². The zero-order chi connectivity index (χ0) is 9.30. The second kappa shape index (κ2) is 3.01. The first kappa shape index (κ1) is 8.84. The molecule has 1 aromatic rings. The van der Waals surface area contributed by atoms with Gasteiger partial charge in [0.05, 0.1) is 11.4 Å². The number of rotatable bonds is 1. The topological polar surface area (TPSA) is 29.3 Å². The molecule has 0 radical (unpaired) electrons. The Kier molecular flexibility index (Phi) is 2.22. The zero-order valence-electron chi connectivity index (χ0n) is 7.56. The molecule has 66 valence electrons. The summed E-state index contributed by atoms with van der Waals surface area (Å²) in [6.07, 6.45) is 0. The van der Waals surface area contributed by atoms with E-state index in [2.05, 4.69) is 0 Å². The lowest BCUT2D eigenvalue weighted by Crippen LogP contribution is -2.12. The maximum Gasteiger partial charge on any atom is 0.151 e. The van der Waals surface area contributed by atoms with Gasteiger partial charge in [0.2, 0.25) is 0 Å². The number of nitrogens with two attached hydrogens (primary N) is 1. The van der Waals surface area contributed by atoms with Crippen molar-refractivity contribution in [3.8, 4) is 0 Å². The molecule has 0 saturated carbocycles. The lowest BCUT2D eigenvalue weighted by molar-refractivity contribution is 0.623. The molecule has 0 aliphatic rings. The predicted octanol–water partition coefficient (Wildman–Crippen LogP) is 1.78. The summed E-state index contributed by atoms with van der Waals surface area (Å²) in [5, 5.41) is 0. The van der Waals surface area contributed by atoms with Crippen LogP contribution in [-0.4, -0.2) is 14.1 Å². The summed E-state index contributed by atoms with van der Waals surface area (Å²) < 4.78 is 13.2. The number of nitrogen functional groups attached to an aromatic ring is 1. The molecule has 2 N–H and O–H groups in total. The van der Waals surface area contributed by atoms with E-state index < -0.39 is 0 Å². The average molecular weight is 168 g/mol. The van der Waals surface area contributed by atoms with E-state index in [4.69, 9.17) is 5.73 Å². The number of hydrogen-bond donors (Lipinski definition) is 1. The number of nitrogens with zero attached hydrogens (tertiary/aromatic N) is 1. The van der Waals surface area contributed by atoms with E-state index in [9.17, 15) is 4.39 Å². The van der Waals surface area contributed by atoms with E-state index in [1.165, 1.54) is 0 Å². The van der Waals surface area contributed by atoms with Crippen LogP contribution in [0.5, 0.6) is 0 Å². The Hall–Kier alpha value is -1.25. The van der Waals surface area contributed by atoms with Gasteiger partial charge >= 0.3 is 0 Å². The number of aryl methyl sites for hydroxylation is 1. The summed E-state index contributed by atoms with van der Waals surface area (Å²) in [5.41, 5.74) is 7.09. The molecule has 0 aliphatic heterocycles. The van der Waals surface area contributed by atoms with Gasteiger partial charge in [0, 0.05) is 14.1 Å². The second-order valence-corrected chi connectivity index (χ2v) is 3.02. The summed E-state index contributed by atoms with van der Waals surface area (Å²) in [7, 11) is 3.67. The Morgan fingerprint density at radius 3 is 2.42 bits per heavy atom. The van der Waals surface area contributed by atoms with E-state index in [0.29, 0.717) is 5.56 Å². The number of benzene rings is 1. The molecule has 0 spiro atoms. The molecule has 0 amide bonds. The predicted molar refractivity (Wildman–Crippen MR) is 49.9 cm³/mol. The van der Waals surface area contributed by atoms with Gasteiger partial charge in [-0.05, 0) is 18.6 Å². The van der Waals surface area contributed by atoms with Gasteiger partial charge in [-0.3, -0.25) is 0 Å². The first-order chi connectivity index (χ1) is 5.54. The van der Waals surface area contributed by atoms with Crippen LogP contribution in [0, 0.1) is 12.7 Å². The van der Waals surface area contributed by atoms with Crippen molar-refractivity contribution in [3.05, 3.63) is 23.5 Å². The molecule has 0 saturated heterocycles. The Morgan fingerprint density at radius 2 is 1.92 bits per heavy atom. The first-order valence-corrected chi connectivity index (χ1v) is 3.76. The Bertz CT molecular complexity index is 295. The largest absolute Gasteiger partial charge is 0.395 e. The standard InChI is InChI=1S/C9H13FN2/c1-6-4-5-7(12(2)3)9(11)8(6)10/h4-5H,11H2,1-3H3. The summed E-state index contributed by atoms with van der Waals surface area (Å²) >= 11 is 0. The van der Waals surface area contributed by atoms with Gasteiger partial charge in [-0.1, -0.05) is 6.07 Å². The lowest BCUT2D eigenvalue weighted by Gasteiger charge is -2.16. The van der Waals surface area contributed by atoms with Crippen molar-refractivity contribution in [3.63, 3.8) is 0 Å². The minimum Gasteiger partial charge on any atom is -0.395 e. The molecule has 2 nitrogen and oxygen atoms in total. The molecular weight excluding hydrogens is 155 g/mol. The van der Waals surface area contributed by atoms with E-state index in [1.54, 1.807) is 17.9 Å². The normalized spacial score (nSPS) is 10.0. The van der Waals surface area contributed by atoms with Crippen LogP contribution in [0.1, 0.15) is 5.56 Å². The molecule has 0 fully saturated rings. The minimum absolute atomic E-state index is 0.222. The molecular formula is C9H13FN2. The molecule has 0 atom stereocenters. The number of anilines is 2. The van der Waals surface area contributed by atoms with Crippen LogP contribution >= 0.6 is 0 Å². The van der Waals surface area contributed by atoms with Crippen LogP contribution in [0.4, 0.5) is 15.8 Å². The van der Waals surface area contributed by atoms with Gasteiger partial charge in [0.1, 0.15) is 0 Å². The SMILES string of the molecule is Cc1ccc(N(C)C)c(N)c1F. The molecule has 0 aliphatic carbocycles. The average Bonchev–Trinajstić information content (AvgIpc) is 2.00. The Morgan fingerprint density at radius 1 is 1.33 bits per heavy atom. The molecule has 0 aromatic heterocycles. The van der Waals surface area contributed by atoms with E-state index in [-0.39, 0.29) is 11.5 Å². The highest BCUT2D eigenvalue weighted by atomic mass is 19.1. The van der Waals surface area contributed by atoms with Crippen LogP contribution in [0.15, 0.2) is 12.1 Å². The first-order valence-electron chi connectivity index (χ1n) is 3.76. The van der Waals surface area contributed by atoms with E-state index >= 15 is 0 Å². The monoisotopic (exact) mass is 168 g/mol. The summed E-state index contributed by atoms with van der Waals surface area (Å²) in [6, 6.07) is 3.54. The molecule has 0 heterocycles. The fourth-order valence-electron chi connectivity index (χ4n) is 1.08. The molecule has 1 rings (SSSR count). The smallest absolute Gasteiger partial charge is 0.151 e. The molecule has 0 unspecified atom stereocenters. The van der Waals surface area contributed by atoms with Crippen molar-refractivity contribution < 1.29 is 4.39 Å². The number of halogens is 1. The van der Waals surface area contributed by atoms with Crippen LogP contribution in [0.3, 0.4) is 0 Å². The van der Waals surface area contributed by atoms with Crippen molar-refractivity contribution in [1.82, 2.24) is 0 Å². The summed E-state index contributed by atoms with van der Waals surface area (Å²) in [4.78, 5) is 1.79. The van der Waals surface area contributed by atoms with Gasteiger partial charge in [0.15, 0.2) is 5.82 Å².